The van der Waals surface area contributed by atoms with E-state index in [0.29, 0.717) is 16.7 Å². The van der Waals surface area contributed by atoms with Crippen LogP contribution in [-0.4, -0.2) is 40.9 Å². The molecule has 1 atom stereocenters. The Hall–Kier alpha value is -3.78. The van der Waals surface area contributed by atoms with Crippen molar-refractivity contribution in [3.05, 3.63) is 84.4 Å². The van der Waals surface area contributed by atoms with Crippen LogP contribution < -0.4 is 14.8 Å². The number of aromatic nitrogens is 3. The van der Waals surface area contributed by atoms with Gasteiger partial charge in [-0.1, -0.05) is 54.2 Å². The van der Waals surface area contributed by atoms with Crippen LogP contribution >= 0.6 is 11.8 Å². The van der Waals surface area contributed by atoms with Gasteiger partial charge in [-0.25, -0.2) is 0 Å². The summed E-state index contributed by atoms with van der Waals surface area (Å²) in [6.45, 7) is 0. The summed E-state index contributed by atoms with van der Waals surface area (Å²) in [7, 11) is 3.27. The van der Waals surface area contributed by atoms with E-state index in [2.05, 4.69) is 15.5 Å². The number of hydrogen-bond donors (Lipinski definition) is 1. The SMILES string of the molecule is COc1ccc(-n2c(S[C@@H](C(=O)NC3CC3)c3ccccc3)nnc2-c2ccccc2OC)cc1. The molecule has 0 aliphatic heterocycles. The summed E-state index contributed by atoms with van der Waals surface area (Å²) in [4.78, 5) is 13.3. The number of amides is 1. The second-order valence-corrected chi connectivity index (χ2v) is 9.30. The van der Waals surface area contributed by atoms with Gasteiger partial charge in [-0.05, 0) is 54.8 Å². The molecule has 8 heteroatoms. The highest BCUT2D eigenvalue weighted by Crippen LogP contribution is 2.39. The minimum Gasteiger partial charge on any atom is -0.497 e. The van der Waals surface area contributed by atoms with Crippen LogP contribution in [0.25, 0.3) is 17.1 Å². The lowest BCUT2D eigenvalue weighted by molar-refractivity contribution is -0.120. The van der Waals surface area contributed by atoms with Gasteiger partial charge < -0.3 is 14.8 Å². The van der Waals surface area contributed by atoms with Gasteiger partial charge in [-0.3, -0.25) is 9.36 Å². The molecular weight excluding hydrogens is 460 g/mol. The van der Waals surface area contributed by atoms with Gasteiger partial charge in [-0.2, -0.15) is 0 Å². The van der Waals surface area contributed by atoms with E-state index >= 15 is 0 Å². The smallest absolute Gasteiger partial charge is 0.238 e. The summed E-state index contributed by atoms with van der Waals surface area (Å²) in [5.41, 5.74) is 2.58. The number of ether oxygens (including phenoxy) is 2. The molecule has 1 amide bonds. The second-order valence-electron chi connectivity index (χ2n) is 8.23. The van der Waals surface area contributed by atoms with Crippen LogP contribution in [-0.2, 0) is 4.79 Å². The fraction of sp³-hybridized carbons (Fsp3) is 0.222. The Morgan fingerprint density at radius 3 is 2.34 bits per heavy atom. The number of methoxy groups -OCH3 is 2. The molecule has 1 fully saturated rings. The van der Waals surface area contributed by atoms with Crippen molar-refractivity contribution in [1.82, 2.24) is 20.1 Å². The molecule has 1 N–H and O–H groups in total. The van der Waals surface area contributed by atoms with Gasteiger partial charge in [0, 0.05) is 6.04 Å². The third kappa shape index (κ3) is 5.02. The number of rotatable bonds is 9. The van der Waals surface area contributed by atoms with Gasteiger partial charge in [0.05, 0.1) is 25.5 Å². The number of carbonyl (C=O) groups excluding carboxylic acids is 1. The third-order valence-corrected chi connectivity index (χ3v) is 7.00. The van der Waals surface area contributed by atoms with Crippen molar-refractivity contribution in [1.29, 1.82) is 0 Å². The van der Waals surface area contributed by atoms with E-state index in [-0.39, 0.29) is 11.9 Å². The predicted molar refractivity (Wildman–Crippen MR) is 136 cm³/mol. The highest BCUT2D eigenvalue weighted by Gasteiger charge is 2.31. The zero-order valence-corrected chi connectivity index (χ0v) is 20.4. The van der Waals surface area contributed by atoms with Crippen molar-refractivity contribution >= 4 is 17.7 Å². The van der Waals surface area contributed by atoms with Crippen molar-refractivity contribution in [3.8, 4) is 28.6 Å². The Morgan fingerprint density at radius 1 is 0.943 bits per heavy atom. The molecule has 35 heavy (non-hydrogen) atoms. The van der Waals surface area contributed by atoms with E-state index in [4.69, 9.17) is 9.47 Å². The Morgan fingerprint density at radius 2 is 1.66 bits per heavy atom. The molecule has 7 nitrogen and oxygen atoms in total. The molecule has 0 spiro atoms. The molecule has 0 radical (unpaired) electrons. The maximum Gasteiger partial charge on any atom is 0.238 e. The minimum atomic E-state index is -0.469. The third-order valence-electron chi connectivity index (χ3n) is 5.80. The fourth-order valence-electron chi connectivity index (χ4n) is 3.82. The van der Waals surface area contributed by atoms with E-state index in [1.165, 1.54) is 11.8 Å². The monoisotopic (exact) mass is 486 g/mol. The Bertz CT molecular complexity index is 1300. The molecule has 5 rings (SSSR count). The molecule has 1 heterocycles. The number of carbonyl (C=O) groups is 1. The lowest BCUT2D eigenvalue weighted by Gasteiger charge is -2.18. The molecule has 178 valence electrons. The van der Waals surface area contributed by atoms with Crippen molar-refractivity contribution in [2.75, 3.05) is 14.2 Å². The first kappa shape index (κ1) is 23.0. The Kier molecular flexibility index (Phi) is 6.72. The summed E-state index contributed by atoms with van der Waals surface area (Å²) in [6, 6.07) is 25.4. The average Bonchev–Trinajstić information content (AvgIpc) is 3.63. The fourth-order valence-corrected chi connectivity index (χ4v) is 4.89. The molecule has 1 aromatic heterocycles. The molecule has 0 unspecified atom stereocenters. The zero-order valence-electron chi connectivity index (χ0n) is 19.5. The van der Waals surface area contributed by atoms with Gasteiger partial charge in [0.15, 0.2) is 11.0 Å². The molecule has 0 saturated heterocycles. The van der Waals surface area contributed by atoms with Crippen LogP contribution in [0.3, 0.4) is 0 Å². The highest BCUT2D eigenvalue weighted by molar-refractivity contribution is 8.00. The van der Waals surface area contributed by atoms with E-state index in [1.807, 2.05) is 83.4 Å². The molecule has 1 saturated carbocycles. The number of hydrogen-bond acceptors (Lipinski definition) is 6. The van der Waals surface area contributed by atoms with Gasteiger partial charge in [0.25, 0.3) is 0 Å². The largest absolute Gasteiger partial charge is 0.497 e. The van der Waals surface area contributed by atoms with Gasteiger partial charge in [-0.15, -0.1) is 10.2 Å². The van der Waals surface area contributed by atoms with Crippen LogP contribution in [0, 0.1) is 0 Å². The number of thioether (sulfide) groups is 1. The van der Waals surface area contributed by atoms with Crippen molar-refractivity contribution < 1.29 is 14.3 Å². The van der Waals surface area contributed by atoms with Crippen LogP contribution in [0.4, 0.5) is 0 Å². The van der Waals surface area contributed by atoms with E-state index in [1.54, 1.807) is 14.2 Å². The van der Waals surface area contributed by atoms with E-state index in [0.717, 1.165) is 35.4 Å². The molecule has 1 aliphatic carbocycles. The Balaban J connectivity index is 1.60. The first-order valence-electron chi connectivity index (χ1n) is 11.4. The van der Waals surface area contributed by atoms with E-state index in [9.17, 15) is 4.79 Å². The van der Waals surface area contributed by atoms with E-state index < -0.39 is 5.25 Å². The molecule has 1 aliphatic rings. The van der Waals surface area contributed by atoms with Crippen molar-refractivity contribution in [2.45, 2.75) is 29.3 Å². The number of nitrogens with one attached hydrogen (secondary N) is 1. The van der Waals surface area contributed by atoms with Gasteiger partial charge >= 0.3 is 0 Å². The van der Waals surface area contributed by atoms with Crippen LogP contribution in [0.1, 0.15) is 23.7 Å². The maximum atomic E-state index is 13.3. The normalized spacial score (nSPS) is 13.8. The molecule has 0 bridgehead atoms. The summed E-state index contributed by atoms with van der Waals surface area (Å²) in [6.07, 6.45) is 2.05. The maximum absolute atomic E-state index is 13.3. The van der Waals surface area contributed by atoms with Crippen LogP contribution in [0.5, 0.6) is 11.5 Å². The van der Waals surface area contributed by atoms with Gasteiger partial charge in [0.1, 0.15) is 16.7 Å². The van der Waals surface area contributed by atoms with Crippen molar-refractivity contribution in [3.63, 3.8) is 0 Å². The van der Waals surface area contributed by atoms with Crippen LogP contribution in [0.15, 0.2) is 84.0 Å². The lowest BCUT2D eigenvalue weighted by atomic mass is 10.1. The summed E-state index contributed by atoms with van der Waals surface area (Å²) in [5, 5.41) is 12.4. The number of para-hydroxylation sites is 1. The average molecular weight is 487 g/mol. The first-order valence-corrected chi connectivity index (χ1v) is 12.3. The molecule has 4 aromatic rings. The highest BCUT2D eigenvalue weighted by atomic mass is 32.2. The summed E-state index contributed by atoms with van der Waals surface area (Å²) < 4.78 is 12.9. The zero-order chi connectivity index (χ0) is 24.2. The van der Waals surface area contributed by atoms with Gasteiger partial charge in [0.2, 0.25) is 5.91 Å². The number of benzene rings is 3. The second kappa shape index (κ2) is 10.2. The summed E-state index contributed by atoms with van der Waals surface area (Å²) in [5.74, 6) is 2.05. The molecule has 3 aromatic carbocycles. The minimum absolute atomic E-state index is 0.0215. The van der Waals surface area contributed by atoms with Crippen LogP contribution in [0.2, 0.25) is 0 Å². The first-order chi connectivity index (χ1) is 17.2. The quantitative estimate of drug-likeness (QED) is 0.333. The predicted octanol–water partition coefficient (Wildman–Crippen LogP) is 5.06. The van der Waals surface area contributed by atoms with Crippen molar-refractivity contribution in [2.24, 2.45) is 0 Å². The lowest BCUT2D eigenvalue weighted by Crippen LogP contribution is -2.29. The Labute approximate surface area is 208 Å². The topological polar surface area (TPSA) is 78.3 Å². The summed E-state index contributed by atoms with van der Waals surface area (Å²) >= 11 is 1.39. The number of nitrogens with zero attached hydrogens (tertiary/aromatic N) is 3. The standard InChI is InChI=1S/C27H26N4O3S/c1-33-21-16-14-20(15-17-21)31-25(22-10-6-7-11-23(22)34-2)29-30-27(31)35-24(18-8-4-3-5-9-18)26(32)28-19-12-13-19/h3-11,14-17,19,24H,12-13H2,1-2H3,(H,28,32)/t24-/m1/s1. The molecular formula is C27H26N4O3S.